The van der Waals surface area contributed by atoms with Crippen LogP contribution in [0.1, 0.15) is 15.9 Å². The standard InChI is InChI=1S/C24H19ClN2O3/c1-15-7-8-17(25)14-21(15)27-24-20(13-16-5-3-4-6-22(16)30-24)23(28)26-18-9-11-19(29-2)12-10-18/h3-14H,1-2H3,(H,26,28). The van der Waals surface area contributed by atoms with Crippen LogP contribution in [0.2, 0.25) is 5.02 Å². The lowest BCUT2D eigenvalue weighted by molar-refractivity contribution is 0.102. The Bertz CT molecular complexity index is 1290. The maximum absolute atomic E-state index is 13.1. The predicted molar refractivity (Wildman–Crippen MR) is 119 cm³/mol. The Labute approximate surface area is 178 Å². The zero-order valence-electron chi connectivity index (χ0n) is 16.5. The molecule has 0 unspecified atom stereocenters. The monoisotopic (exact) mass is 418 g/mol. The van der Waals surface area contributed by atoms with Gasteiger partial charge in [0.25, 0.3) is 5.91 Å². The largest absolute Gasteiger partial charge is 0.497 e. The average molecular weight is 419 g/mol. The molecule has 1 amide bonds. The molecule has 0 radical (unpaired) electrons. The molecule has 0 saturated heterocycles. The van der Waals surface area contributed by atoms with Crippen LogP contribution in [0, 0.1) is 6.92 Å². The lowest BCUT2D eigenvalue weighted by Crippen LogP contribution is -2.21. The molecule has 1 heterocycles. The van der Waals surface area contributed by atoms with E-state index in [0.717, 1.165) is 10.9 Å². The molecule has 0 fully saturated rings. The maximum Gasteiger partial charge on any atom is 0.261 e. The summed E-state index contributed by atoms with van der Waals surface area (Å²) in [6.07, 6.45) is 0. The molecule has 4 aromatic rings. The summed E-state index contributed by atoms with van der Waals surface area (Å²) in [6, 6.07) is 21.8. The summed E-state index contributed by atoms with van der Waals surface area (Å²) >= 11 is 6.13. The molecule has 6 heteroatoms. The first kappa shape index (κ1) is 19.7. The summed E-state index contributed by atoms with van der Waals surface area (Å²) in [6.45, 7) is 1.92. The predicted octanol–water partition coefficient (Wildman–Crippen LogP) is 5.89. The Balaban J connectivity index is 1.82. The number of hydrogen-bond acceptors (Lipinski definition) is 4. The molecule has 1 N–H and O–H groups in total. The second-order valence-corrected chi connectivity index (χ2v) is 7.16. The fourth-order valence-corrected chi connectivity index (χ4v) is 3.17. The van der Waals surface area contributed by atoms with Gasteiger partial charge in [-0.05, 0) is 61.0 Å². The van der Waals surface area contributed by atoms with E-state index in [2.05, 4.69) is 10.3 Å². The van der Waals surface area contributed by atoms with Gasteiger partial charge in [-0.25, -0.2) is 4.99 Å². The second kappa shape index (κ2) is 8.43. The average Bonchev–Trinajstić information content (AvgIpc) is 2.76. The van der Waals surface area contributed by atoms with Crippen LogP contribution in [0.15, 0.2) is 82.2 Å². The number of rotatable bonds is 4. The SMILES string of the molecule is COc1ccc(NC(=O)c2cc3ccccc3oc2=Nc2cc(Cl)ccc2C)cc1. The van der Waals surface area contributed by atoms with E-state index in [0.29, 0.717) is 33.3 Å². The first-order valence-electron chi connectivity index (χ1n) is 9.33. The highest BCUT2D eigenvalue weighted by atomic mass is 35.5. The van der Waals surface area contributed by atoms with Crippen molar-refractivity contribution in [3.8, 4) is 5.75 Å². The summed E-state index contributed by atoms with van der Waals surface area (Å²) in [4.78, 5) is 17.7. The fraction of sp³-hybridized carbons (Fsp3) is 0.0833. The lowest BCUT2D eigenvalue weighted by Gasteiger charge is -2.08. The van der Waals surface area contributed by atoms with Crippen molar-refractivity contribution in [2.75, 3.05) is 12.4 Å². The molecule has 0 aliphatic heterocycles. The van der Waals surface area contributed by atoms with Gasteiger partial charge in [0, 0.05) is 16.1 Å². The molecule has 0 atom stereocenters. The molecular formula is C24H19ClN2O3. The van der Waals surface area contributed by atoms with Crippen molar-refractivity contribution in [1.82, 2.24) is 0 Å². The highest BCUT2D eigenvalue weighted by molar-refractivity contribution is 6.30. The van der Waals surface area contributed by atoms with Gasteiger partial charge in [-0.2, -0.15) is 0 Å². The Morgan fingerprint density at radius 3 is 2.57 bits per heavy atom. The Hall–Kier alpha value is -3.57. The Kier molecular flexibility index (Phi) is 5.55. The molecule has 0 bridgehead atoms. The minimum Gasteiger partial charge on any atom is -0.497 e. The summed E-state index contributed by atoms with van der Waals surface area (Å²) < 4.78 is 11.2. The van der Waals surface area contributed by atoms with E-state index < -0.39 is 0 Å². The van der Waals surface area contributed by atoms with Gasteiger partial charge in [0.2, 0.25) is 5.55 Å². The summed E-state index contributed by atoms with van der Waals surface area (Å²) in [7, 11) is 1.59. The Morgan fingerprint density at radius 1 is 1.03 bits per heavy atom. The number of methoxy groups -OCH3 is 1. The van der Waals surface area contributed by atoms with Crippen molar-refractivity contribution in [2.24, 2.45) is 4.99 Å². The number of amides is 1. The molecule has 0 saturated carbocycles. The molecule has 0 aliphatic carbocycles. The number of halogens is 1. The number of carbonyl (C=O) groups excluding carboxylic acids is 1. The van der Waals surface area contributed by atoms with Gasteiger partial charge in [-0.1, -0.05) is 35.9 Å². The molecule has 1 aromatic heterocycles. The van der Waals surface area contributed by atoms with E-state index in [1.807, 2.05) is 37.3 Å². The normalized spacial score (nSPS) is 11.5. The molecule has 4 rings (SSSR count). The zero-order chi connectivity index (χ0) is 21.1. The van der Waals surface area contributed by atoms with Crippen LogP contribution in [0.4, 0.5) is 11.4 Å². The van der Waals surface area contributed by atoms with E-state index in [1.165, 1.54) is 0 Å². The molecular weight excluding hydrogens is 400 g/mol. The van der Waals surface area contributed by atoms with Crippen molar-refractivity contribution in [1.29, 1.82) is 0 Å². The second-order valence-electron chi connectivity index (χ2n) is 6.73. The number of carbonyl (C=O) groups is 1. The summed E-state index contributed by atoms with van der Waals surface area (Å²) in [5.74, 6) is 0.383. The fourth-order valence-electron chi connectivity index (χ4n) is 3.00. The van der Waals surface area contributed by atoms with Gasteiger partial charge in [-0.3, -0.25) is 4.79 Å². The van der Waals surface area contributed by atoms with Crippen LogP contribution < -0.4 is 15.6 Å². The number of benzene rings is 3. The van der Waals surface area contributed by atoms with E-state index in [9.17, 15) is 4.79 Å². The van der Waals surface area contributed by atoms with Gasteiger partial charge in [0.05, 0.1) is 12.8 Å². The maximum atomic E-state index is 13.1. The summed E-state index contributed by atoms with van der Waals surface area (Å²) in [5.41, 5.74) is 3.37. The number of hydrogen-bond donors (Lipinski definition) is 1. The van der Waals surface area contributed by atoms with Crippen molar-refractivity contribution in [3.63, 3.8) is 0 Å². The van der Waals surface area contributed by atoms with E-state index >= 15 is 0 Å². The molecule has 0 spiro atoms. The van der Waals surface area contributed by atoms with E-state index in [-0.39, 0.29) is 11.5 Å². The van der Waals surface area contributed by atoms with E-state index in [4.69, 9.17) is 20.8 Å². The lowest BCUT2D eigenvalue weighted by atomic mass is 10.1. The van der Waals surface area contributed by atoms with Crippen molar-refractivity contribution in [2.45, 2.75) is 6.92 Å². The number of aryl methyl sites for hydroxylation is 1. The number of para-hydroxylation sites is 1. The van der Waals surface area contributed by atoms with Crippen molar-refractivity contribution in [3.05, 3.63) is 94.5 Å². The van der Waals surface area contributed by atoms with Crippen LogP contribution >= 0.6 is 11.6 Å². The number of nitrogens with zero attached hydrogens (tertiary/aromatic N) is 1. The Morgan fingerprint density at radius 2 is 1.80 bits per heavy atom. The first-order chi connectivity index (χ1) is 14.5. The number of fused-ring (bicyclic) bond motifs is 1. The molecule has 5 nitrogen and oxygen atoms in total. The van der Waals surface area contributed by atoms with Crippen LogP contribution in [0.5, 0.6) is 5.75 Å². The first-order valence-corrected chi connectivity index (χ1v) is 9.70. The molecule has 3 aromatic carbocycles. The highest BCUT2D eigenvalue weighted by Gasteiger charge is 2.14. The third kappa shape index (κ3) is 4.21. The number of anilines is 1. The van der Waals surface area contributed by atoms with Crippen molar-refractivity contribution >= 4 is 39.9 Å². The van der Waals surface area contributed by atoms with Crippen LogP contribution in [0.3, 0.4) is 0 Å². The van der Waals surface area contributed by atoms with Crippen molar-refractivity contribution < 1.29 is 13.9 Å². The minimum absolute atomic E-state index is 0.213. The topological polar surface area (TPSA) is 63.8 Å². The van der Waals surface area contributed by atoms with Crippen LogP contribution in [-0.4, -0.2) is 13.0 Å². The van der Waals surface area contributed by atoms with Gasteiger partial charge >= 0.3 is 0 Å². The van der Waals surface area contributed by atoms with Crippen LogP contribution in [-0.2, 0) is 0 Å². The highest BCUT2D eigenvalue weighted by Crippen LogP contribution is 2.23. The number of nitrogens with one attached hydrogen (secondary N) is 1. The van der Waals surface area contributed by atoms with Gasteiger partial charge < -0.3 is 14.5 Å². The quantitative estimate of drug-likeness (QED) is 0.449. The van der Waals surface area contributed by atoms with Gasteiger partial charge in [0.15, 0.2) is 0 Å². The number of ether oxygens (including phenoxy) is 1. The van der Waals surface area contributed by atoms with Crippen LogP contribution in [0.25, 0.3) is 11.0 Å². The minimum atomic E-state index is -0.326. The summed E-state index contributed by atoms with van der Waals surface area (Å²) in [5, 5.41) is 4.25. The van der Waals surface area contributed by atoms with E-state index in [1.54, 1.807) is 49.6 Å². The third-order valence-corrected chi connectivity index (χ3v) is 4.88. The molecule has 0 aliphatic rings. The third-order valence-electron chi connectivity index (χ3n) is 4.64. The smallest absolute Gasteiger partial charge is 0.261 e. The van der Waals surface area contributed by atoms with Gasteiger partial charge in [0.1, 0.15) is 16.9 Å². The zero-order valence-corrected chi connectivity index (χ0v) is 17.2. The molecule has 30 heavy (non-hydrogen) atoms. The van der Waals surface area contributed by atoms with Gasteiger partial charge in [-0.15, -0.1) is 0 Å². The molecule has 150 valence electrons.